The summed E-state index contributed by atoms with van der Waals surface area (Å²) in [6.45, 7) is 0. The minimum Gasteiger partial charge on any atom is -0.361 e. The molecule has 0 spiro atoms. The summed E-state index contributed by atoms with van der Waals surface area (Å²) in [6.07, 6.45) is 8.16. The molecule has 1 saturated heterocycles. The van der Waals surface area contributed by atoms with Crippen LogP contribution in [0.25, 0.3) is 27.8 Å². The van der Waals surface area contributed by atoms with E-state index < -0.39 is 0 Å². The summed E-state index contributed by atoms with van der Waals surface area (Å²) in [4.78, 5) is 16.0. The maximum Gasteiger partial charge on any atom is 0.151 e. The third-order valence-corrected chi connectivity index (χ3v) is 7.36. The first-order valence-corrected chi connectivity index (χ1v) is 11.9. The van der Waals surface area contributed by atoms with Gasteiger partial charge in [-0.05, 0) is 67.5 Å². The summed E-state index contributed by atoms with van der Waals surface area (Å²) in [5.41, 5.74) is 4.87. The van der Waals surface area contributed by atoms with Crippen LogP contribution in [0.2, 0.25) is 0 Å². The number of carbonyl (C=O) groups excluding carboxylic acids is 1. The average molecular weight is 451 g/mol. The number of hydrogen-bond acceptors (Lipinski definition) is 5. The fourth-order valence-corrected chi connectivity index (χ4v) is 5.55. The van der Waals surface area contributed by atoms with Crippen LogP contribution in [0, 0.1) is 23.2 Å². The lowest BCUT2D eigenvalue weighted by molar-refractivity contribution is -0.122. The van der Waals surface area contributed by atoms with E-state index in [2.05, 4.69) is 32.7 Å². The maximum atomic E-state index is 12.8. The molecular weight excluding hydrogens is 424 g/mol. The third-order valence-electron chi connectivity index (χ3n) is 7.36. The first-order chi connectivity index (χ1) is 16.7. The van der Waals surface area contributed by atoms with Crippen molar-refractivity contribution in [2.75, 3.05) is 0 Å². The molecule has 2 aromatic carbocycles. The predicted octanol–water partition coefficient (Wildman–Crippen LogP) is 4.20. The number of benzene rings is 2. The summed E-state index contributed by atoms with van der Waals surface area (Å²) in [5, 5.41) is 22.9. The molecule has 7 nitrogen and oxygen atoms in total. The minimum absolute atomic E-state index is 0.0450. The van der Waals surface area contributed by atoms with Gasteiger partial charge >= 0.3 is 0 Å². The second-order valence-electron chi connectivity index (χ2n) is 9.61. The van der Waals surface area contributed by atoms with Crippen LogP contribution >= 0.6 is 0 Å². The van der Waals surface area contributed by atoms with Gasteiger partial charge in [0.05, 0.1) is 29.9 Å². The first-order valence-electron chi connectivity index (χ1n) is 11.9. The van der Waals surface area contributed by atoms with Gasteiger partial charge in [0, 0.05) is 35.1 Å². The number of nitriles is 1. The highest BCUT2D eigenvalue weighted by atomic mass is 16.1. The number of H-pyrrole nitrogens is 1. The number of rotatable bonds is 7. The summed E-state index contributed by atoms with van der Waals surface area (Å²) >= 11 is 0. The topological polar surface area (TPSA) is 99.4 Å². The largest absolute Gasteiger partial charge is 0.361 e. The third kappa shape index (κ3) is 3.91. The highest BCUT2D eigenvalue weighted by molar-refractivity contribution is 5.85. The molecule has 4 atom stereocenters. The summed E-state index contributed by atoms with van der Waals surface area (Å²) in [6, 6.07) is 19.0. The Morgan fingerprint density at radius 1 is 1.18 bits per heavy atom. The highest BCUT2D eigenvalue weighted by Gasteiger charge is 2.42. The Morgan fingerprint density at radius 2 is 2.06 bits per heavy atom. The standard InChI is InChI=1S/C27H26N6O/c28-15-18(12-26(34)27-21-3-5-22(14-21)30-27)11-17-1-6-23(7-2-17)33-16-25(31-32-33)19-4-8-24-20(13-19)9-10-29-24/h1-2,4,6-10,13,16,18,21-22,27,29-30H,3,5,11-12,14H2/t18-,21+,22-,27+/m1/s1. The van der Waals surface area contributed by atoms with Crippen LogP contribution in [0.3, 0.4) is 0 Å². The number of aromatic amines is 1. The van der Waals surface area contributed by atoms with E-state index in [0.29, 0.717) is 24.8 Å². The maximum absolute atomic E-state index is 12.8. The van der Waals surface area contributed by atoms with Gasteiger partial charge in [-0.3, -0.25) is 4.79 Å². The molecule has 2 fully saturated rings. The molecule has 1 saturated carbocycles. The van der Waals surface area contributed by atoms with Crippen molar-refractivity contribution >= 4 is 16.7 Å². The zero-order chi connectivity index (χ0) is 23.1. The van der Waals surface area contributed by atoms with Crippen molar-refractivity contribution in [3.8, 4) is 23.0 Å². The van der Waals surface area contributed by atoms with Crippen LogP contribution in [0.1, 0.15) is 31.2 Å². The molecule has 2 aromatic heterocycles. The van der Waals surface area contributed by atoms with Crippen molar-refractivity contribution in [2.45, 2.75) is 44.2 Å². The van der Waals surface area contributed by atoms with Crippen LogP contribution in [-0.2, 0) is 11.2 Å². The lowest BCUT2D eigenvalue weighted by Crippen LogP contribution is -2.42. The Morgan fingerprint density at radius 3 is 2.82 bits per heavy atom. The van der Waals surface area contributed by atoms with Crippen molar-refractivity contribution in [2.24, 2.45) is 11.8 Å². The number of Topliss-reactive ketones (excluding diaryl/α,β-unsaturated/α-hetero) is 1. The van der Waals surface area contributed by atoms with Gasteiger partial charge in [0.15, 0.2) is 5.78 Å². The fraction of sp³-hybridized carbons (Fsp3) is 0.333. The zero-order valence-corrected chi connectivity index (χ0v) is 18.8. The number of carbonyl (C=O) groups is 1. The van der Waals surface area contributed by atoms with Gasteiger partial charge in [0.25, 0.3) is 0 Å². The number of ketones is 1. The Bertz CT molecular complexity index is 1380. The van der Waals surface area contributed by atoms with E-state index in [1.807, 2.05) is 54.9 Å². The van der Waals surface area contributed by atoms with Crippen LogP contribution < -0.4 is 5.32 Å². The summed E-state index contributed by atoms with van der Waals surface area (Å²) in [5.74, 6) is 0.359. The second-order valence-corrected chi connectivity index (χ2v) is 9.61. The van der Waals surface area contributed by atoms with Crippen molar-refractivity contribution in [1.82, 2.24) is 25.3 Å². The van der Waals surface area contributed by atoms with Gasteiger partial charge in [-0.25, -0.2) is 4.68 Å². The van der Waals surface area contributed by atoms with E-state index in [9.17, 15) is 10.1 Å². The zero-order valence-electron chi connectivity index (χ0n) is 18.8. The molecule has 0 unspecified atom stereocenters. The van der Waals surface area contributed by atoms with E-state index in [1.165, 1.54) is 6.42 Å². The normalized spacial score (nSPS) is 22.1. The molecule has 0 amide bonds. The molecule has 3 heterocycles. The first kappa shape index (κ1) is 20.8. The second kappa shape index (κ2) is 8.54. The number of nitrogens with one attached hydrogen (secondary N) is 2. The summed E-state index contributed by atoms with van der Waals surface area (Å²) < 4.78 is 1.76. The molecule has 34 heavy (non-hydrogen) atoms. The minimum atomic E-state index is -0.305. The predicted molar refractivity (Wildman–Crippen MR) is 129 cm³/mol. The van der Waals surface area contributed by atoms with Crippen molar-refractivity contribution < 1.29 is 4.79 Å². The summed E-state index contributed by atoms with van der Waals surface area (Å²) in [7, 11) is 0. The fourth-order valence-electron chi connectivity index (χ4n) is 5.55. The molecule has 6 rings (SSSR count). The van der Waals surface area contributed by atoms with Gasteiger partial charge in [0.2, 0.25) is 0 Å². The van der Waals surface area contributed by atoms with Gasteiger partial charge in [-0.15, -0.1) is 5.10 Å². The van der Waals surface area contributed by atoms with E-state index in [4.69, 9.17) is 0 Å². The number of hydrogen-bond donors (Lipinski definition) is 2. The van der Waals surface area contributed by atoms with Crippen LogP contribution in [0.5, 0.6) is 0 Å². The van der Waals surface area contributed by atoms with E-state index in [-0.39, 0.29) is 17.7 Å². The number of piperidine rings is 1. The molecule has 7 heteroatoms. The molecular formula is C27H26N6O. The van der Waals surface area contributed by atoms with Crippen molar-refractivity contribution in [3.05, 3.63) is 66.5 Å². The molecule has 4 aromatic rings. The molecule has 1 aliphatic carbocycles. The number of nitrogens with zero attached hydrogens (tertiary/aromatic N) is 4. The molecule has 2 aliphatic rings. The Labute approximate surface area is 197 Å². The molecule has 1 aliphatic heterocycles. The SMILES string of the molecule is N#C[C@@H](CC(=O)[C@H]1N[C@@H]2CC[C@H]1C2)Cc1ccc(-n2cc(-c3ccc4[nH]ccc4c3)nn2)cc1. The Balaban J connectivity index is 1.11. The van der Waals surface area contributed by atoms with E-state index in [1.54, 1.807) is 4.68 Å². The average Bonchev–Trinajstić information content (AvgIpc) is 3.67. The van der Waals surface area contributed by atoms with Crippen molar-refractivity contribution in [3.63, 3.8) is 0 Å². The van der Waals surface area contributed by atoms with Gasteiger partial charge in [-0.2, -0.15) is 5.26 Å². The van der Waals surface area contributed by atoms with E-state index >= 15 is 0 Å². The smallest absolute Gasteiger partial charge is 0.151 e. The highest BCUT2D eigenvalue weighted by Crippen LogP contribution is 2.36. The lowest BCUT2D eigenvalue weighted by Gasteiger charge is -2.22. The van der Waals surface area contributed by atoms with Crippen molar-refractivity contribution in [1.29, 1.82) is 5.26 Å². The molecule has 2 N–H and O–H groups in total. The Kier molecular flexibility index (Phi) is 5.23. The van der Waals surface area contributed by atoms with Gasteiger partial charge in [-0.1, -0.05) is 23.4 Å². The van der Waals surface area contributed by atoms with Gasteiger partial charge < -0.3 is 10.3 Å². The molecule has 0 radical (unpaired) electrons. The monoisotopic (exact) mass is 450 g/mol. The van der Waals surface area contributed by atoms with Crippen LogP contribution in [0.4, 0.5) is 0 Å². The van der Waals surface area contributed by atoms with Crippen LogP contribution in [-0.4, -0.2) is 37.8 Å². The number of fused-ring (bicyclic) bond motifs is 3. The van der Waals surface area contributed by atoms with Crippen LogP contribution in [0.15, 0.2) is 60.9 Å². The lowest BCUT2D eigenvalue weighted by atomic mass is 9.88. The van der Waals surface area contributed by atoms with Gasteiger partial charge in [0.1, 0.15) is 5.69 Å². The number of aromatic nitrogens is 4. The quantitative estimate of drug-likeness (QED) is 0.440. The Hall–Kier alpha value is -3.76. The molecule has 2 bridgehead atoms. The van der Waals surface area contributed by atoms with E-state index in [0.717, 1.165) is 46.3 Å². The molecule has 170 valence electrons.